The molecule has 0 aromatic carbocycles. The second kappa shape index (κ2) is 5.25. The fourth-order valence-corrected chi connectivity index (χ4v) is 2.86. The van der Waals surface area contributed by atoms with Crippen molar-refractivity contribution in [3.8, 4) is 0 Å². The van der Waals surface area contributed by atoms with Gasteiger partial charge >= 0.3 is 0 Å². The van der Waals surface area contributed by atoms with Crippen LogP contribution in [0.15, 0.2) is 6.20 Å². The van der Waals surface area contributed by atoms with Crippen LogP contribution >= 0.6 is 22.9 Å². The van der Waals surface area contributed by atoms with Crippen LogP contribution in [0.5, 0.6) is 0 Å². The highest BCUT2D eigenvalue weighted by Gasteiger charge is 2.17. The molecule has 1 heterocycles. The second-order valence-electron chi connectivity index (χ2n) is 4.07. The number of halogens is 1. The van der Waals surface area contributed by atoms with E-state index in [0.29, 0.717) is 16.6 Å². The van der Waals surface area contributed by atoms with E-state index >= 15 is 0 Å². The number of thiazole rings is 1. The molecule has 1 aliphatic rings. The van der Waals surface area contributed by atoms with Gasteiger partial charge in [-0.3, -0.25) is 0 Å². The van der Waals surface area contributed by atoms with E-state index in [9.17, 15) is 0 Å². The summed E-state index contributed by atoms with van der Waals surface area (Å²) in [5.41, 5.74) is 5.85. The van der Waals surface area contributed by atoms with Crippen molar-refractivity contribution in [3.63, 3.8) is 0 Å². The van der Waals surface area contributed by atoms with Crippen LogP contribution in [0.2, 0.25) is 4.47 Å². The molecule has 0 saturated heterocycles. The Morgan fingerprint density at radius 2 is 2.20 bits per heavy atom. The highest BCUT2D eigenvalue weighted by atomic mass is 35.5. The molecule has 1 saturated carbocycles. The van der Waals surface area contributed by atoms with Gasteiger partial charge in [0.15, 0.2) is 4.47 Å². The molecule has 3 nitrogen and oxygen atoms in total. The molecule has 0 atom stereocenters. The number of nitrogens with two attached hydrogens (primary N) is 1. The van der Waals surface area contributed by atoms with Gasteiger partial charge in [0.05, 0.1) is 0 Å². The Kier molecular flexibility index (Phi) is 3.97. The van der Waals surface area contributed by atoms with E-state index in [2.05, 4.69) is 10.3 Å². The van der Waals surface area contributed by atoms with Crippen LogP contribution in [0.3, 0.4) is 0 Å². The molecule has 1 aromatic rings. The molecule has 0 radical (unpaired) electrons. The molecule has 0 spiro atoms. The quantitative estimate of drug-likeness (QED) is 0.858. The molecule has 0 unspecified atom stereocenters. The number of nitrogens with zero attached hydrogens (tertiary/aromatic N) is 1. The standard InChI is InChI=1S/C10H16ClN3S/c11-10-14-6-9(15-10)5-13-8-3-1-7(12)2-4-8/h6-8,13H,1-5,12H2. The van der Waals surface area contributed by atoms with E-state index in [-0.39, 0.29) is 0 Å². The Hall–Kier alpha value is -0.160. The number of hydrogen-bond acceptors (Lipinski definition) is 4. The number of rotatable bonds is 3. The van der Waals surface area contributed by atoms with Crippen molar-refractivity contribution in [2.24, 2.45) is 5.73 Å². The molecule has 1 fully saturated rings. The van der Waals surface area contributed by atoms with Crippen LogP contribution in [-0.2, 0) is 6.54 Å². The average Bonchev–Trinajstić information content (AvgIpc) is 2.64. The summed E-state index contributed by atoms with van der Waals surface area (Å²) in [7, 11) is 0. The Bertz CT molecular complexity index is 307. The highest BCUT2D eigenvalue weighted by Crippen LogP contribution is 2.20. The summed E-state index contributed by atoms with van der Waals surface area (Å²) >= 11 is 7.31. The zero-order valence-corrected chi connectivity index (χ0v) is 10.2. The summed E-state index contributed by atoms with van der Waals surface area (Å²) in [4.78, 5) is 5.22. The molecular formula is C10H16ClN3S. The minimum atomic E-state index is 0.417. The molecule has 1 aliphatic carbocycles. The van der Waals surface area contributed by atoms with Gasteiger partial charge in [-0.25, -0.2) is 4.98 Å². The lowest BCUT2D eigenvalue weighted by atomic mass is 9.92. The fourth-order valence-electron chi connectivity index (χ4n) is 1.93. The summed E-state index contributed by atoms with van der Waals surface area (Å²) in [5, 5.41) is 3.53. The van der Waals surface area contributed by atoms with E-state index in [0.717, 1.165) is 19.4 Å². The van der Waals surface area contributed by atoms with Gasteiger partial charge in [-0.2, -0.15) is 0 Å². The zero-order valence-electron chi connectivity index (χ0n) is 8.58. The molecular weight excluding hydrogens is 230 g/mol. The van der Waals surface area contributed by atoms with Crippen molar-refractivity contribution in [2.75, 3.05) is 0 Å². The van der Waals surface area contributed by atoms with Gasteiger partial charge in [-0.05, 0) is 25.7 Å². The van der Waals surface area contributed by atoms with Gasteiger partial charge in [-0.15, -0.1) is 11.3 Å². The molecule has 3 N–H and O–H groups in total. The molecule has 1 aromatic heterocycles. The van der Waals surface area contributed by atoms with E-state index < -0.39 is 0 Å². The lowest BCUT2D eigenvalue weighted by Crippen LogP contribution is -2.36. The number of hydrogen-bond donors (Lipinski definition) is 2. The topological polar surface area (TPSA) is 50.9 Å². The van der Waals surface area contributed by atoms with Crippen LogP contribution in [0.4, 0.5) is 0 Å². The maximum Gasteiger partial charge on any atom is 0.183 e. The predicted molar refractivity (Wildman–Crippen MR) is 64.2 cm³/mol. The van der Waals surface area contributed by atoms with Crippen LogP contribution in [-0.4, -0.2) is 17.1 Å². The predicted octanol–water partition coefficient (Wildman–Crippen LogP) is 2.16. The molecule has 0 amide bonds. The van der Waals surface area contributed by atoms with Crippen molar-refractivity contribution < 1.29 is 0 Å². The molecule has 0 aliphatic heterocycles. The molecule has 2 rings (SSSR count). The molecule has 84 valence electrons. The van der Waals surface area contributed by atoms with Gasteiger partial charge in [0.2, 0.25) is 0 Å². The molecule has 0 bridgehead atoms. The van der Waals surface area contributed by atoms with E-state index in [1.165, 1.54) is 17.7 Å². The Labute approximate surface area is 99.0 Å². The summed E-state index contributed by atoms with van der Waals surface area (Å²) in [6, 6.07) is 1.03. The third-order valence-corrected chi connectivity index (χ3v) is 3.98. The summed E-state index contributed by atoms with van der Waals surface area (Å²) in [6.07, 6.45) is 6.50. The van der Waals surface area contributed by atoms with Crippen LogP contribution in [0.1, 0.15) is 30.6 Å². The SMILES string of the molecule is NC1CCC(NCc2cnc(Cl)s2)CC1. The minimum Gasteiger partial charge on any atom is -0.328 e. The molecule has 15 heavy (non-hydrogen) atoms. The largest absolute Gasteiger partial charge is 0.328 e. The van der Waals surface area contributed by atoms with Crippen molar-refractivity contribution in [2.45, 2.75) is 44.3 Å². The summed E-state index contributed by atoms with van der Waals surface area (Å²) in [5.74, 6) is 0. The van der Waals surface area contributed by atoms with Gasteiger partial charge in [0.1, 0.15) is 0 Å². The third-order valence-electron chi connectivity index (χ3n) is 2.86. The Morgan fingerprint density at radius 1 is 1.47 bits per heavy atom. The highest BCUT2D eigenvalue weighted by molar-refractivity contribution is 7.15. The average molecular weight is 246 g/mol. The fraction of sp³-hybridized carbons (Fsp3) is 0.700. The first kappa shape index (κ1) is 11.3. The van der Waals surface area contributed by atoms with Gasteiger partial charge in [-0.1, -0.05) is 11.6 Å². The van der Waals surface area contributed by atoms with Crippen molar-refractivity contribution in [1.29, 1.82) is 0 Å². The Balaban J connectivity index is 1.74. The van der Waals surface area contributed by atoms with Crippen LogP contribution in [0, 0.1) is 0 Å². The lowest BCUT2D eigenvalue weighted by Gasteiger charge is -2.26. The maximum atomic E-state index is 5.85. The van der Waals surface area contributed by atoms with Crippen LogP contribution < -0.4 is 11.1 Å². The Morgan fingerprint density at radius 3 is 2.80 bits per heavy atom. The first-order valence-corrected chi connectivity index (χ1v) is 6.52. The summed E-state index contributed by atoms with van der Waals surface area (Å²) < 4.78 is 0.623. The van der Waals surface area contributed by atoms with Gasteiger partial charge in [0.25, 0.3) is 0 Å². The normalized spacial score (nSPS) is 26.8. The number of aromatic nitrogens is 1. The van der Waals surface area contributed by atoms with Crippen LogP contribution in [0.25, 0.3) is 0 Å². The van der Waals surface area contributed by atoms with E-state index in [1.54, 1.807) is 11.3 Å². The monoisotopic (exact) mass is 245 g/mol. The van der Waals surface area contributed by atoms with Gasteiger partial charge in [0, 0.05) is 29.7 Å². The van der Waals surface area contributed by atoms with Crippen molar-refractivity contribution in [3.05, 3.63) is 15.5 Å². The summed E-state index contributed by atoms with van der Waals surface area (Å²) in [6.45, 7) is 0.879. The first-order chi connectivity index (χ1) is 7.24. The smallest absolute Gasteiger partial charge is 0.183 e. The van der Waals surface area contributed by atoms with Crippen molar-refractivity contribution in [1.82, 2.24) is 10.3 Å². The third kappa shape index (κ3) is 3.41. The van der Waals surface area contributed by atoms with E-state index in [1.807, 2.05) is 6.20 Å². The number of nitrogens with one attached hydrogen (secondary N) is 1. The lowest BCUT2D eigenvalue weighted by molar-refractivity contribution is 0.342. The minimum absolute atomic E-state index is 0.417. The molecule has 5 heteroatoms. The second-order valence-corrected chi connectivity index (χ2v) is 5.77. The van der Waals surface area contributed by atoms with Crippen molar-refractivity contribution >= 4 is 22.9 Å². The zero-order chi connectivity index (χ0) is 10.7. The van der Waals surface area contributed by atoms with Gasteiger partial charge < -0.3 is 11.1 Å². The van der Waals surface area contributed by atoms with E-state index in [4.69, 9.17) is 17.3 Å². The maximum absolute atomic E-state index is 5.85. The first-order valence-electron chi connectivity index (χ1n) is 5.33.